The Bertz CT molecular complexity index is 1120. The molecule has 2 heterocycles. The number of aryl methyl sites for hydroxylation is 2. The molecular weight excluding hydrogens is 446 g/mol. The number of primary amides is 1. The van der Waals surface area contributed by atoms with Crippen LogP contribution in [0.1, 0.15) is 58.5 Å². The van der Waals surface area contributed by atoms with E-state index in [9.17, 15) is 18.0 Å². The van der Waals surface area contributed by atoms with Crippen LogP contribution in [-0.4, -0.2) is 37.6 Å². The topological polar surface area (TPSA) is 110 Å². The summed E-state index contributed by atoms with van der Waals surface area (Å²) in [6, 6.07) is 6.75. The normalized spacial score (nSPS) is 19.7. The minimum absolute atomic E-state index is 0.124. The number of nitrogens with two attached hydrogens (primary N) is 1. The fraction of sp³-hybridized carbons (Fsp3) is 0.478. The third kappa shape index (κ3) is 4.60. The molecule has 1 aliphatic carbocycles. The van der Waals surface area contributed by atoms with E-state index in [-0.39, 0.29) is 17.3 Å². The predicted molar refractivity (Wildman–Crippen MR) is 125 cm³/mol. The zero-order chi connectivity index (χ0) is 22.9. The van der Waals surface area contributed by atoms with Gasteiger partial charge in [-0.2, -0.15) is 4.31 Å². The van der Waals surface area contributed by atoms with Crippen molar-refractivity contribution in [3.05, 3.63) is 45.8 Å². The van der Waals surface area contributed by atoms with E-state index in [4.69, 9.17) is 5.73 Å². The van der Waals surface area contributed by atoms with Gasteiger partial charge in [0, 0.05) is 18.0 Å². The standard InChI is InChI=1S/C23H29N3O4S2/c1-15-9-11-17(12-10-15)32(29,30)26-13-5-6-16(14-26)22(28)25-23-20(21(24)27)18-7-3-2-4-8-19(18)31-23/h9-12,16H,2-8,13-14H2,1H3,(H2,24,27)(H,25,28). The number of amides is 2. The molecule has 2 aromatic rings. The number of nitrogens with zero attached hydrogens (tertiary/aromatic N) is 1. The van der Waals surface area contributed by atoms with E-state index in [1.807, 2.05) is 6.92 Å². The second-order valence-electron chi connectivity index (χ2n) is 8.64. The van der Waals surface area contributed by atoms with Gasteiger partial charge in [-0.25, -0.2) is 8.42 Å². The SMILES string of the molecule is Cc1ccc(S(=O)(=O)N2CCCC(C(=O)Nc3sc4c(c3C(N)=O)CCCCC4)C2)cc1. The first-order valence-corrected chi connectivity index (χ1v) is 13.3. The van der Waals surface area contributed by atoms with Crippen LogP contribution in [0.25, 0.3) is 0 Å². The summed E-state index contributed by atoms with van der Waals surface area (Å²) in [5, 5.41) is 3.42. The first kappa shape index (κ1) is 22.9. The molecule has 2 aliphatic rings. The molecule has 1 aromatic carbocycles. The average Bonchev–Trinajstić information content (AvgIpc) is 2.95. The van der Waals surface area contributed by atoms with Crippen LogP contribution in [0.3, 0.4) is 0 Å². The molecule has 172 valence electrons. The zero-order valence-corrected chi connectivity index (χ0v) is 19.9. The number of hydrogen-bond donors (Lipinski definition) is 2. The van der Waals surface area contributed by atoms with Gasteiger partial charge in [0.2, 0.25) is 15.9 Å². The second kappa shape index (κ2) is 9.33. The third-order valence-corrected chi connectivity index (χ3v) is 9.40. The number of carbonyl (C=O) groups excluding carboxylic acids is 2. The summed E-state index contributed by atoms with van der Waals surface area (Å²) in [5.74, 6) is -1.26. The van der Waals surface area contributed by atoms with E-state index in [1.54, 1.807) is 24.3 Å². The average molecular weight is 476 g/mol. The highest BCUT2D eigenvalue weighted by molar-refractivity contribution is 7.89. The molecule has 0 radical (unpaired) electrons. The summed E-state index contributed by atoms with van der Waals surface area (Å²) < 4.78 is 27.5. The smallest absolute Gasteiger partial charge is 0.251 e. The van der Waals surface area contributed by atoms with E-state index in [0.717, 1.165) is 48.1 Å². The summed E-state index contributed by atoms with van der Waals surface area (Å²) in [5.41, 5.74) is 8.06. The summed E-state index contributed by atoms with van der Waals surface area (Å²) in [4.78, 5) is 26.6. The van der Waals surface area contributed by atoms with Gasteiger partial charge in [0.05, 0.1) is 16.4 Å². The monoisotopic (exact) mass is 475 g/mol. The number of hydrogen-bond acceptors (Lipinski definition) is 5. The van der Waals surface area contributed by atoms with Crippen molar-refractivity contribution in [1.29, 1.82) is 0 Å². The maximum Gasteiger partial charge on any atom is 0.251 e. The number of fused-ring (bicyclic) bond motifs is 1. The highest BCUT2D eigenvalue weighted by atomic mass is 32.2. The van der Waals surface area contributed by atoms with Gasteiger partial charge in [-0.05, 0) is 63.1 Å². The van der Waals surface area contributed by atoms with Crippen molar-refractivity contribution in [2.24, 2.45) is 11.7 Å². The number of sulfonamides is 1. The Hall–Kier alpha value is -2.23. The van der Waals surface area contributed by atoms with Gasteiger partial charge in [0.25, 0.3) is 5.91 Å². The van der Waals surface area contributed by atoms with Crippen LogP contribution < -0.4 is 11.1 Å². The Labute approximate surface area is 193 Å². The molecule has 9 heteroatoms. The third-order valence-electron chi connectivity index (χ3n) is 6.32. The van der Waals surface area contributed by atoms with Crippen LogP contribution >= 0.6 is 11.3 Å². The number of piperidine rings is 1. The van der Waals surface area contributed by atoms with E-state index in [0.29, 0.717) is 30.0 Å². The van der Waals surface area contributed by atoms with Crippen molar-refractivity contribution in [1.82, 2.24) is 4.31 Å². The molecule has 1 aliphatic heterocycles. The first-order valence-electron chi connectivity index (χ1n) is 11.1. The summed E-state index contributed by atoms with van der Waals surface area (Å²) in [7, 11) is -3.66. The Morgan fingerprint density at radius 3 is 2.53 bits per heavy atom. The first-order chi connectivity index (χ1) is 15.3. The van der Waals surface area contributed by atoms with Crippen LogP contribution in [0.5, 0.6) is 0 Å². The molecular formula is C23H29N3O4S2. The lowest BCUT2D eigenvalue weighted by Gasteiger charge is -2.31. The van der Waals surface area contributed by atoms with Crippen molar-refractivity contribution < 1.29 is 18.0 Å². The second-order valence-corrected chi connectivity index (χ2v) is 11.7. The zero-order valence-electron chi connectivity index (χ0n) is 18.2. The number of nitrogens with one attached hydrogen (secondary N) is 1. The van der Waals surface area contributed by atoms with Gasteiger partial charge in [-0.1, -0.05) is 24.1 Å². The van der Waals surface area contributed by atoms with Crippen molar-refractivity contribution in [2.75, 3.05) is 18.4 Å². The molecule has 2 amide bonds. The highest BCUT2D eigenvalue weighted by Crippen LogP contribution is 2.38. The lowest BCUT2D eigenvalue weighted by molar-refractivity contribution is -0.120. The summed E-state index contributed by atoms with van der Waals surface area (Å²) in [6.07, 6.45) is 6.08. The Balaban J connectivity index is 1.52. The van der Waals surface area contributed by atoms with Gasteiger partial charge >= 0.3 is 0 Å². The van der Waals surface area contributed by atoms with Crippen LogP contribution in [-0.2, 0) is 27.7 Å². The number of rotatable bonds is 5. The molecule has 0 bridgehead atoms. The van der Waals surface area contributed by atoms with Crippen LogP contribution in [0.4, 0.5) is 5.00 Å². The van der Waals surface area contributed by atoms with Gasteiger partial charge in [0.1, 0.15) is 5.00 Å². The Morgan fingerprint density at radius 1 is 1.09 bits per heavy atom. The number of anilines is 1. The molecule has 1 atom stereocenters. The lowest BCUT2D eigenvalue weighted by Crippen LogP contribution is -2.43. The van der Waals surface area contributed by atoms with Crippen molar-refractivity contribution in [2.45, 2.75) is 56.8 Å². The van der Waals surface area contributed by atoms with Gasteiger partial charge in [0.15, 0.2) is 0 Å². The van der Waals surface area contributed by atoms with Crippen molar-refractivity contribution in [3.8, 4) is 0 Å². The molecule has 1 saturated heterocycles. The summed E-state index contributed by atoms with van der Waals surface area (Å²) in [6.45, 7) is 2.42. The van der Waals surface area contributed by atoms with Crippen LogP contribution in [0.2, 0.25) is 0 Å². The van der Waals surface area contributed by atoms with E-state index < -0.39 is 21.8 Å². The minimum atomic E-state index is -3.66. The number of benzene rings is 1. The molecule has 1 aromatic heterocycles. The molecule has 1 unspecified atom stereocenters. The van der Waals surface area contributed by atoms with E-state index in [2.05, 4.69) is 5.32 Å². The Morgan fingerprint density at radius 2 is 1.81 bits per heavy atom. The number of carbonyl (C=O) groups is 2. The summed E-state index contributed by atoms with van der Waals surface area (Å²) >= 11 is 1.44. The lowest BCUT2D eigenvalue weighted by atomic mass is 9.98. The van der Waals surface area contributed by atoms with E-state index in [1.165, 1.54) is 15.6 Å². The highest BCUT2D eigenvalue weighted by Gasteiger charge is 2.34. The molecule has 1 fully saturated rings. The van der Waals surface area contributed by atoms with Gasteiger partial charge in [-0.15, -0.1) is 11.3 Å². The van der Waals surface area contributed by atoms with Gasteiger partial charge < -0.3 is 11.1 Å². The van der Waals surface area contributed by atoms with E-state index >= 15 is 0 Å². The van der Waals surface area contributed by atoms with Crippen molar-refractivity contribution in [3.63, 3.8) is 0 Å². The molecule has 3 N–H and O–H groups in total. The predicted octanol–water partition coefficient (Wildman–Crippen LogP) is 3.46. The maximum atomic E-state index is 13.1. The maximum absolute atomic E-state index is 13.1. The fourth-order valence-corrected chi connectivity index (χ4v) is 7.36. The van der Waals surface area contributed by atoms with Crippen LogP contribution in [0.15, 0.2) is 29.2 Å². The quantitative estimate of drug-likeness (QED) is 0.645. The van der Waals surface area contributed by atoms with Crippen LogP contribution in [0, 0.1) is 12.8 Å². The largest absolute Gasteiger partial charge is 0.365 e. The molecule has 7 nitrogen and oxygen atoms in total. The minimum Gasteiger partial charge on any atom is -0.365 e. The Kier molecular flexibility index (Phi) is 6.69. The fourth-order valence-electron chi connectivity index (χ4n) is 4.54. The number of thiophene rings is 1. The van der Waals surface area contributed by atoms with Crippen molar-refractivity contribution >= 4 is 38.2 Å². The van der Waals surface area contributed by atoms with Gasteiger partial charge in [-0.3, -0.25) is 9.59 Å². The molecule has 32 heavy (non-hydrogen) atoms. The molecule has 0 saturated carbocycles. The molecule has 0 spiro atoms. The molecule has 4 rings (SSSR count).